The van der Waals surface area contributed by atoms with Crippen LogP contribution in [0.3, 0.4) is 0 Å². The van der Waals surface area contributed by atoms with Crippen molar-refractivity contribution < 1.29 is 9.53 Å². The van der Waals surface area contributed by atoms with Crippen LogP contribution in [0, 0.1) is 17.8 Å². The van der Waals surface area contributed by atoms with Crippen LogP contribution in [0.25, 0.3) is 0 Å². The lowest BCUT2D eigenvalue weighted by Crippen LogP contribution is -2.39. The predicted octanol–water partition coefficient (Wildman–Crippen LogP) is 4.93. The van der Waals surface area contributed by atoms with Gasteiger partial charge in [-0.3, -0.25) is 0 Å². The number of amides is 1. The highest BCUT2D eigenvalue weighted by molar-refractivity contribution is 5.68. The SMILES string of the molecule is CC(C)[C@H]1CC[C@H](C)C[C@@H]1OC(=O)N[C@H](C)c1ccccc1. The summed E-state index contributed by atoms with van der Waals surface area (Å²) in [6, 6.07) is 9.94. The summed E-state index contributed by atoms with van der Waals surface area (Å²) in [6.45, 7) is 8.68. The van der Waals surface area contributed by atoms with Crippen molar-refractivity contribution in [3.8, 4) is 0 Å². The van der Waals surface area contributed by atoms with Crippen LogP contribution in [0.4, 0.5) is 4.79 Å². The molecule has 1 fully saturated rings. The molecular formula is C19H29NO2. The zero-order chi connectivity index (χ0) is 16.1. The van der Waals surface area contributed by atoms with Gasteiger partial charge in [0, 0.05) is 0 Å². The van der Waals surface area contributed by atoms with Crippen LogP contribution in [0.5, 0.6) is 0 Å². The Balaban J connectivity index is 1.92. The zero-order valence-corrected chi connectivity index (χ0v) is 14.2. The molecule has 0 spiro atoms. The standard InChI is InChI=1S/C19H29NO2/c1-13(2)17-11-10-14(3)12-18(17)22-19(21)20-15(4)16-8-6-5-7-9-16/h5-9,13-15,17-18H,10-12H2,1-4H3,(H,20,21)/t14-,15+,17+,18-/m0/s1. The molecule has 1 N–H and O–H groups in total. The van der Waals surface area contributed by atoms with Crippen molar-refractivity contribution in [2.24, 2.45) is 17.8 Å². The Morgan fingerprint density at radius 2 is 1.86 bits per heavy atom. The Labute approximate surface area is 134 Å². The fraction of sp³-hybridized carbons (Fsp3) is 0.632. The number of hydrogen-bond acceptors (Lipinski definition) is 2. The number of carbonyl (C=O) groups is 1. The van der Waals surface area contributed by atoms with E-state index >= 15 is 0 Å². The maximum atomic E-state index is 12.2. The van der Waals surface area contributed by atoms with Crippen molar-refractivity contribution >= 4 is 6.09 Å². The second-order valence-corrected chi connectivity index (χ2v) is 7.05. The van der Waals surface area contributed by atoms with Gasteiger partial charge in [0.05, 0.1) is 6.04 Å². The average molecular weight is 303 g/mol. The van der Waals surface area contributed by atoms with Gasteiger partial charge in [-0.05, 0) is 43.1 Å². The van der Waals surface area contributed by atoms with Gasteiger partial charge in [-0.15, -0.1) is 0 Å². The molecule has 2 rings (SSSR count). The molecule has 0 radical (unpaired) electrons. The number of nitrogens with one attached hydrogen (secondary N) is 1. The minimum Gasteiger partial charge on any atom is -0.446 e. The summed E-state index contributed by atoms with van der Waals surface area (Å²) in [5.41, 5.74) is 1.09. The Morgan fingerprint density at radius 1 is 1.18 bits per heavy atom. The molecule has 1 aliphatic carbocycles. The lowest BCUT2D eigenvalue weighted by molar-refractivity contribution is 0.00516. The highest BCUT2D eigenvalue weighted by atomic mass is 16.6. The van der Waals surface area contributed by atoms with Crippen LogP contribution in [0.15, 0.2) is 30.3 Å². The third-order valence-corrected chi connectivity index (χ3v) is 4.85. The Kier molecular flexibility index (Phi) is 5.87. The summed E-state index contributed by atoms with van der Waals surface area (Å²) in [6.07, 6.45) is 3.14. The summed E-state index contributed by atoms with van der Waals surface area (Å²) in [5.74, 6) is 1.67. The summed E-state index contributed by atoms with van der Waals surface area (Å²) in [5, 5.41) is 2.96. The number of ether oxygens (including phenoxy) is 1. The van der Waals surface area contributed by atoms with E-state index in [9.17, 15) is 4.79 Å². The summed E-state index contributed by atoms with van der Waals surface area (Å²) in [7, 11) is 0. The molecule has 0 saturated heterocycles. The molecule has 1 amide bonds. The molecule has 0 heterocycles. The van der Waals surface area contributed by atoms with Crippen molar-refractivity contribution in [3.63, 3.8) is 0 Å². The molecule has 1 aromatic carbocycles. The van der Waals surface area contributed by atoms with Crippen LogP contribution in [0.1, 0.15) is 58.6 Å². The van der Waals surface area contributed by atoms with Crippen LogP contribution >= 0.6 is 0 Å². The Hall–Kier alpha value is -1.51. The lowest BCUT2D eigenvalue weighted by atomic mass is 9.75. The minimum absolute atomic E-state index is 0.0350. The monoisotopic (exact) mass is 303 g/mol. The van der Waals surface area contributed by atoms with Gasteiger partial charge < -0.3 is 10.1 Å². The summed E-state index contributed by atoms with van der Waals surface area (Å²) in [4.78, 5) is 12.2. The first-order valence-corrected chi connectivity index (χ1v) is 8.49. The molecule has 1 aromatic rings. The van der Waals surface area contributed by atoms with Crippen molar-refractivity contribution in [1.29, 1.82) is 0 Å². The van der Waals surface area contributed by atoms with Crippen molar-refractivity contribution in [3.05, 3.63) is 35.9 Å². The van der Waals surface area contributed by atoms with E-state index in [-0.39, 0.29) is 18.2 Å². The normalized spacial score (nSPS) is 26.5. The molecule has 0 aromatic heterocycles. The smallest absolute Gasteiger partial charge is 0.407 e. The Morgan fingerprint density at radius 3 is 2.50 bits per heavy atom. The molecule has 4 atom stereocenters. The van der Waals surface area contributed by atoms with Crippen molar-refractivity contribution in [1.82, 2.24) is 5.32 Å². The average Bonchev–Trinajstić information content (AvgIpc) is 2.47. The molecule has 122 valence electrons. The van der Waals surface area contributed by atoms with E-state index in [1.54, 1.807) is 0 Å². The minimum atomic E-state index is -0.291. The van der Waals surface area contributed by atoms with E-state index < -0.39 is 0 Å². The first-order valence-electron chi connectivity index (χ1n) is 8.49. The van der Waals surface area contributed by atoms with Gasteiger partial charge in [-0.2, -0.15) is 0 Å². The largest absolute Gasteiger partial charge is 0.446 e. The molecule has 3 heteroatoms. The topological polar surface area (TPSA) is 38.3 Å². The van der Waals surface area contributed by atoms with Crippen LogP contribution in [0.2, 0.25) is 0 Å². The Bertz CT molecular complexity index is 472. The predicted molar refractivity (Wildman–Crippen MR) is 89.6 cm³/mol. The first-order chi connectivity index (χ1) is 10.5. The van der Waals surface area contributed by atoms with Crippen LogP contribution < -0.4 is 5.32 Å². The number of benzene rings is 1. The van der Waals surface area contributed by atoms with Gasteiger partial charge >= 0.3 is 6.09 Å². The van der Waals surface area contributed by atoms with Crippen LogP contribution in [-0.4, -0.2) is 12.2 Å². The van der Waals surface area contributed by atoms with Crippen molar-refractivity contribution in [2.45, 2.75) is 59.1 Å². The van der Waals surface area contributed by atoms with E-state index in [2.05, 4.69) is 26.1 Å². The lowest BCUT2D eigenvalue weighted by Gasteiger charge is -2.36. The van der Waals surface area contributed by atoms with Crippen LogP contribution in [-0.2, 0) is 4.74 Å². The molecule has 3 nitrogen and oxygen atoms in total. The fourth-order valence-electron chi connectivity index (χ4n) is 3.42. The molecule has 22 heavy (non-hydrogen) atoms. The van der Waals surface area contributed by atoms with E-state index in [1.807, 2.05) is 37.3 Å². The van der Waals surface area contributed by atoms with Crippen molar-refractivity contribution in [2.75, 3.05) is 0 Å². The number of hydrogen-bond donors (Lipinski definition) is 1. The third-order valence-electron chi connectivity index (χ3n) is 4.85. The van der Waals surface area contributed by atoms with Gasteiger partial charge in [0.25, 0.3) is 0 Å². The van der Waals surface area contributed by atoms with Gasteiger partial charge in [0.2, 0.25) is 0 Å². The second kappa shape index (κ2) is 7.66. The van der Waals surface area contributed by atoms with Gasteiger partial charge in [0.1, 0.15) is 6.10 Å². The maximum Gasteiger partial charge on any atom is 0.407 e. The quantitative estimate of drug-likeness (QED) is 0.856. The highest BCUT2D eigenvalue weighted by Gasteiger charge is 2.33. The van der Waals surface area contributed by atoms with Gasteiger partial charge in [-0.25, -0.2) is 4.79 Å². The maximum absolute atomic E-state index is 12.2. The first kappa shape index (κ1) is 16.9. The summed E-state index contributed by atoms with van der Waals surface area (Å²) < 4.78 is 5.78. The summed E-state index contributed by atoms with van der Waals surface area (Å²) >= 11 is 0. The number of carbonyl (C=O) groups excluding carboxylic acids is 1. The molecule has 1 saturated carbocycles. The molecule has 0 bridgehead atoms. The number of rotatable bonds is 4. The fourth-order valence-corrected chi connectivity index (χ4v) is 3.42. The van der Waals surface area contributed by atoms with E-state index in [4.69, 9.17) is 4.74 Å². The number of alkyl carbamates (subject to hydrolysis) is 1. The second-order valence-electron chi connectivity index (χ2n) is 7.05. The third kappa shape index (κ3) is 4.49. The molecule has 0 unspecified atom stereocenters. The van der Waals surface area contributed by atoms with E-state index in [0.29, 0.717) is 17.8 Å². The molecule has 1 aliphatic rings. The van der Waals surface area contributed by atoms with Gasteiger partial charge in [-0.1, -0.05) is 57.5 Å². The molecular weight excluding hydrogens is 274 g/mol. The van der Waals surface area contributed by atoms with E-state index in [1.165, 1.54) is 6.42 Å². The zero-order valence-electron chi connectivity index (χ0n) is 14.2. The highest BCUT2D eigenvalue weighted by Crippen LogP contribution is 2.35. The van der Waals surface area contributed by atoms with E-state index in [0.717, 1.165) is 18.4 Å². The molecule has 0 aliphatic heterocycles. The van der Waals surface area contributed by atoms with Gasteiger partial charge in [0.15, 0.2) is 0 Å².